The van der Waals surface area contributed by atoms with Crippen LogP contribution < -0.4 is 9.64 Å². The molecule has 0 saturated heterocycles. The molecule has 0 saturated carbocycles. The molecule has 7 nitrogen and oxygen atoms in total. The van der Waals surface area contributed by atoms with Gasteiger partial charge in [0.15, 0.2) is 5.82 Å². The number of H-pyrrole nitrogens is 1. The summed E-state index contributed by atoms with van der Waals surface area (Å²) in [5.74, 6) is 1.55. The number of pyridine rings is 1. The summed E-state index contributed by atoms with van der Waals surface area (Å²) in [6.45, 7) is 0.407. The summed E-state index contributed by atoms with van der Waals surface area (Å²) in [5.41, 5.74) is 2.71. The molecular formula is C23H19N5O2S. The average molecular weight is 430 g/mol. The highest BCUT2D eigenvalue weighted by Crippen LogP contribution is 2.39. The summed E-state index contributed by atoms with van der Waals surface area (Å²) in [4.78, 5) is 23.7. The van der Waals surface area contributed by atoms with Gasteiger partial charge < -0.3 is 4.74 Å². The number of carbonyl (C=O) groups excluding carboxylic acids is 1. The molecular weight excluding hydrogens is 410 g/mol. The number of amides is 1. The molecule has 4 aromatic rings. The van der Waals surface area contributed by atoms with Crippen molar-refractivity contribution in [3.63, 3.8) is 0 Å². The van der Waals surface area contributed by atoms with Crippen LogP contribution in [0.15, 0.2) is 84.3 Å². The van der Waals surface area contributed by atoms with Gasteiger partial charge in [0.2, 0.25) is 11.1 Å². The Kier molecular flexibility index (Phi) is 5.37. The molecule has 1 atom stereocenters. The van der Waals surface area contributed by atoms with E-state index in [2.05, 4.69) is 20.2 Å². The van der Waals surface area contributed by atoms with E-state index in [0.717, 1.165) is 16.8 Å². The summed E-state index contributed by atoms with van der Waals surface area (Å²) in [6, 6.07) is 21.1. The number of aromatic nitrogens is 4. The van der Waals surface area contributed by atoms with Crippen molar-refractivity contribution in [1.29, 1.82) is 0 Å². The number of benzene rings is 2. The van der Waals surface area contributed by atoms with E-state index in [1.807, 2.05) is 71.6 Å². The smallest absolute Gasteiger partial charge is 0.238 e. The maximum absolute atomic E-state index is 13.4. The van der Waals surface area contributed by atoms with Gasteiger partial charge in [-0.05, 0) is 29.8 Å². The van der Waals surface area contributed by atoms with Crippen molar-refractivity contribution in [3.8, 4) is 17.1 Å². The zero-order valence-electron chi connectivity index (χ0n) is 16.5. The Morgan fingerprint density at radius 3 is 2.68 bits per heavy atom. The average Bonchev–Trinajstić information content (AvgIpc) is 3.32. The summed E-state index contributed by atoms with van der Waals surface area (Å²) in [7, 11) is 0. The van der Waals surface area contributed by atoms with Crippen molar-refractivity contribution in [2.45, 2.75) is 11.2 Å². The second-order valence-electron chi connectivity index (χ2n) is 6.96. The number of rotatable bonds is 5. The number of thioether (sulfide) groups is 1. The van der Waals surface area contributed by atoms with Crippen LogP contribution >= 0.6 is 11.8 Å². The normalized spacial score (nSPS) is 15.2. The van der Waals surface area contributed by atoms with E-state index in [-0.39, 0.29) is 17.7 Å². The summed E-state index contributed by atoms with van der Waals surface area (Å²) < 4.78 is 5.95. The Morgan fingerprint density at radius 2 is 1.84 bits per heavy atom. The fraction of sp³-hybridized carbons (Fsp3) is 0.130. The van der Waals surface area contributed by atoms with Crippen LogP contribution in [0.3, 0.4) is 0 Å². The van der Waals surface area contributed by atoms with Gasteiger partial charge >= 0.3 is 0 Å². The lowest BCUT2D eigenvalue weighted by molar-refractivity contribution is -0.117. The third-order valence-electron chi connectivity index (χ3n) is 5.03. The summed E-state index contributed by atoms with van der Waals surface area (Å²) in [5, 5.41) is 7.69. The monoisotopic (exact) mass is 429 g/mol. The highest BCUT2D eigenvalue weighted by atomic mass is 32.2. The molecule has 0 unspecified atom stereocenters. The zero-order chi connectivity index (χ0) is 21.0. The maximum Gasteiger partial charge on any atom is 0.238 e. The van der Waals surface area contributed by atoms with Crippen LogP contribution in [0, 0.1) is 0 Å². The summed E-state index contributed by atoms with van der Waals surface area (Å²) >= 11 is 1.31. The van der Waals surface area contributed by atoms with Crippen LogP contribution in [0.4, 0.5) is 5.69 Å². The number of nitrogens with zero attached hydrogens (tertiary/aromatic N) is 4. The number of fused-ring (bicyclic) bond motifs is 1. The lowest BCUT2D eigenvalue weighted by atomic mass is 10.0. The number of para-hydroxylation sites is 2. The molecule has 2 aromatic heterocycles. The maximum atomic E-state index is 13.4. The van der Waals surface area contributed by atoms with Gasteiger partial charge in [-0.1, -0.05) is 54.2 Å². The van der Waals surface area contributed by atoms with E-state index in [1.165, 1.54) is 11.8 Å². The molecule has 31 heavy (non-hydrogen) atoms. The number of hydrogen-bond acceptors (Lipinski definition) is 6. The lowest BCUT2D eigenvalue weighted by Crippen LogP contribution is -2.42. The molecule has 1 N–H and O–H groups in total. The van der Waals surface area contributed by atoms with Crippen molar-refractivity contribution in [3.05, 3.63) is 84.7 Å². The van der Waals surface area contributed by atoms with Crippen LogP contribution in [-0.4, -0.2) is 38.4 Å². The van der Waals surface area contributed by atoms with Gasteiger partial charge in [-0.3, -0.25) is 19.8 Å². The van der Waals surface area contributed by atoms with E-state index < -0.39 is 0 Å². The number of hydrogen-bond donors (Lipinski definition) is 1. The number of nitrogens with one attached hydrogen (secondary N) is 1. The molecule has 5 rings (SSSR count). The van der Waals surface area contributed by atoms with Gasteiger partial charge in [-0.15, -0.1) is 5.10 Å². The molecule has 1 aliphatic heterocycles. The van der Waals surface area contributed by atoms with Crippen molar-refractivity contribution < 1.29 is 9.53 Å². The van der Waals surface area contributed by atoms with E-state index in [0.29, 0.717) is 23.3 Å². The summed E-state index contributed by atoms with van der Waals surface area (Å²) in [6.07, 6.45) is 3.40. The predicted molar refractivity (Wildman–Crippen MR) is 119 cm³/mol. The SMILES string of the molecule is O=C(CSc1n[nH]c(-c2ccncc2)n1)N1c2ccccc2OC[C@@H]1c1ccccc1. The Balaban J connectivity index is 1.37. The molecule has 0 spiro atoms. The molecule has 1 aliphatic rings. The third kappa shape index (κ3) is 4.02. The first kappa shape index (κ1) is 19.3. The molecule has 8 heteroatoms. The van der Waals surface area contributed by atoms with E-state index >= 15 is 0 Å². The van der Waals surface area contributed by atoms with E-state index in [9.17, 15) is 4.79 Å². The first-order chi connectivity index (χ1) is 15.3. The Hall–Kier alpha value is -3.65. The van der Waals surface area contributed by atoms with Gasteiger partial charge in [-0.2, -0.15) is 0 Å². The molecule has 2 aromatic carbocycles. The molecule has 0 aliphatic carbocycles. The van der Waals surface area contributed by atoms with Gasteiger partial charge in [0.1, 0.15) is 12.4 Å². The second kappa shape index (κ2) is 8.61. The number of ether oxygens (including phenoxy) is 1. The molecule has 1 amide bonds. The standard InChI is InChI=1S/C23H19N5O2S/c29-21(15-31-23-25-22(26-27-23)17-10-12-24-13-11-17)28-18-8-4-5-9-20(18)30-14-19(28)16-6-2-1-3-7-16/h1-13,19H,14-15H2,(H,25,26,27)/t19-/m1/s1. The molecule has 0 fully saturated rings. The first-order valence-corrected chi connectivity index (χ1v) is 10.8. The highest BCUT2D eigenvalue weighted by molar-refractivity contribution is 7.99. The Bertz CT molecular complexity index is 1180. The third-order valence-corrected chi connectivity index (χ3v) is 5.86. The minimum atomic E-state index is -0.191. The molecule has 154 valence electrons. The van der Waals surface area contributed by atoms with Crippen LogP contribution in [0.5, 0.6) is 5.75 Å². The predicted octanol–water partition coefficient (Wildman–Crippen LogP) is 4.13. The largest absolute Gasteiger partial charge is 0.489 e. The van der Waals surface area contributed by atoms with Gasteiger partial charge in [0.25, 0.3) is 0 Å². The molecule has 0 radical (unpaired) electrons. The van der Waals surface area contributed by atoms with Crippen molar-refractivity contribution in [2.24, 2.45) is 0 Å². The quantitative estimate of drug-likeness (QED) is 0.481. The van der Waals surface area contributed by atoms with Crippen molar-refractivity contribution in [1.82, 2.24) is 20.2 Å². The van der Waals surface area contributed by atoms with E-state index in [1.54, 1.807) is 12.4 Å². The van der Waals surface area contributed by atoms with E-state index in [4.69, 9.17) is 4.74 Å². The highest BCUT2D eigenvalue weighted by Gasteiger charge is 2.33. The van der Waals surface area contributed by atoms with Crippen LogP contribution in [0.2, 0.25) is 0 Å². The van der Waals surface area contributed by atoms with Gasteiger partial charge in [-0.25, -0.2) is 4.98 Å². The zero-order valence-corrected chi connectivity index (χ0v) is 17.3. The number of carbonyl (C=O) groups is 1. The minimum absolute atomic E-state index is 0.0233. The molecule has 0 bridgehead atoms. The minimum Gasteiger partial charge on any atom is -0.489 e. The molecule has 3 heterocycles. The van der Waals surface area contributed by atoms with Gasteiger partial charge in [0.05, 0.1) is 17.5 Å². The first-order valence-electron chi connectivity index (χ1n) is 9.84. The fourth-order valence-corrected chi connectivity index (χ4v) is 4.22. The van der Waals surface area contributed by atoms with Crippen molar-refractivity contribution in [2.75, 3.05) is 17.3 Å². The van der Waals surface area contributed by atoms with Crippen molar-refractivity contribution >= 4 is 23.4 Å². The van der Waals surface area contributed by atoms with Crippen LogP contribution in [0.25, 0.3) is 11.4 Å². The Morgan fingerprint density at radius 1 is 1.06 bits per heavy atom. The van der Waals surface area contributed by atoms with Crippen LogP contribution in [-0.2, 0) is 4.79 Å². The van der Waals surface area contributed by atoms with Crippen LogP contribution in [0.1, 0.15) is 11.6 Å². The lowest BCUT2D eigenvalue weighted by Gasteiger charge is -2.37. The Labute approximate surface area is 183 Å². The topological polar surface area (TPSA) is 84.0 Å². The number of anilines is 1. The second-order valence-corrected chi connectivity index (χ2v) is 7.90. The van der Waals surface area contributed by atoms with Gasteiger partial charge in [0, 0.05) is 18.0 Å². The number of aromatic amines is 1. The fourth-order valence-electron chi connectivity index (χ4n) is 3.56.